The summed E-state index contributed by atoms with van der Waals surface area (Å²) in [5.41, 5.74) is 3.91. The van der Waals surface area contributed by atoms with Gasteiger partial charge in [-0.25, -0.2) is 0 Å². The van der Waals surface area contributed by atoms with Crippen molar-refractivity contribution >= 4 is 28.5 Å². The number of nitrogens with zero attached hydrogens (tertiary/aromatic N) is 1. The van der Waals surface area contributed by atoms with Gasteiger partial charge >= 0.3 is 5.97 Å². The largest absolute Gasteiger partial charge is 0.481 e. The monoisotopic (exact) mass is 313 g/mol. The van der Waals surface area contributed by atoms with Crippen molar-refractivity contribution in [3.63, 3.8) is 0 Å². The van der Waals surface area contributed by atoms with Crippen LogP contribution in [-0.2, 0) is 17.8 Å². The van der Waals surface area contributed by atoms with Gasteiger partial charge in [-0.1, -0.05) is 48.0 Å². The average Bonchev–Trinajstić information content (AvgIpc) is 2.75. The maximum absolute atomic E-state index is 11.2. The molecule has 0 fully saturated rings. The van der Waals surface area contributed by atoms with Crippen molar-refractivity contribution in [3.8, 4) is 0 Å². The summed E-state index contributed by atoms with van der Waals surface area (Å²) in [5.74, 6) is -0.816. The van der Waals surface area contributed by atoms with E-state index in [2.05, 4.69) is 4.57 Å². The van der Waals surface area contributed by atoms with Gasteiger partial charge in [0.05, 0.1) is 6.42 Å². The van der Waals surface area contributed by atoms with Gasteiger partial charge in [-0.2, -0.15) is 0 Å². The summed E-state index contributed by atoms with van der Waals surface area (Å²) in [6, 6.07) is 15.6. The van der Waals surface area contributed by atoms with Crippen LogP contribution in [0.3, 0.4) is 0 Å². The summed E-state index contributed by atoms with van der Waals surface area (Å²) < 4.78 is 2.13. The number of hydrogen-bond acceptors (Lipinski definition) is 1. The number of para-hydroxylation sites is 1. The zero-order valence-electron chi connectivity index (χ0n) is 12.2. The van der Waals surface area contributed by atoms with Gasteiger partial charge in [-0.05, 0) is 30.2 Å². The van der Waals surface area contributed by atoms with Crippen LogP contribution in [0.5, 0.6) is 0 Å². The molecule has 4 heteroatoms. The summed E-state index contributed by atoms with van der Waals surface area (Å²) in [6.45, 7) is 2.60. The Labute approximate surface area is 133 Å². The molecule has 112 valence electrons. The normalized spacial score (nSPS) is 11.0. The fourth-order valence-corrected chi connectivity index (χ4v) is 3.07. The number of carbonyl (C=O) groups is 1. The second-order valence-corrected chi connectivity index (χ2v) is 5.74. The molecule has 0 spiro atoms. The highest BCUT2D eigenvalue weighted by Gasteiger charge is 2.16. The van der Waals surface area contributed by atoms with Gasteiger partial charge in [-0.3, -0.25) is 4.79 Å². The second kappa shape index (κ2) is 5.85. The van der Waals surface area contributed by atoms with Crippen molar-refractivity contribution < 1.29 is 9.90 Å². The van der Waals surface area contributed by atoms with E-state index in [1.165, 1.54) is 0 Å². The third-order valence-corrected chi connectivity index (χ3v) is 4.34. The first-order valence-electron chi connectivity index (χ1n) is 7.10. The van der Waals surface area contributed by atoms with Gasteiger partial charge in [-0.15, -0.1) is 0 Å². The zero-order chi connectivity index (χ0) is 15.7. The Morgan fingerprint density at radius 3 is 2.55 bits per heavy atom. The van der Waals surface area contributed by atoms with Crippen LogP contribution in [0.4, 0.5) is 0 Å². The smallest absolute Gasteiger partial charge is 0.307 e. The molecular formula is C18H16ClNO2. The number of aliphatic carboxylic acids is 1. The molecule has 0 amide bonds. The predicted octanol–water partition coefficient (Wildman–Crippen LogP) is 4.28. The van der Waals surface area contributed by atoms with E-state index in [0.29, 0.717) is 6.54 Å². The van der Waals surface area contributed by atoms with Crippen molar-refractivity contribution in [2.45, 2.75) is 19.9 Å². The van der Waals surface area contributed by atoms with Gasteiger partial charge in [0.2, 0.25) is 0 Å². The van der Waals surface area contributed by atoms with Crippen LogP contribution in [0.2, 0.25) is 5.02 Å². The Hall–Kier alpha value is -2.26. The highest BCUT2D eigenvalue weighted by atomic mass is 35.5. The Morgan fingerprint density at radius 1 is 1.14 bits per heavy atom. The number of rotatable bonds is 4. The summed E-state index contributed by atoms with van der Waals surface area (Å²) in [4.78, 5) is 11.2. The quantitative estimate of drug-likeness (QED) is 0.781. The molecule has 3 rings (SSSR count). The van der Waals surface area contributed by atoms with Crippen LogP contribution in [0.15, 0.2) is 48.5 Å². The number of fused-ring (bicyclic) bond motifs is 1. The fourth-order valence-electron chi connectivity index (χ4n) is 2.88. The van der Waals surface area contributed by atoms with Gasteiger partial charge in [0, 0.05) is 28.2 Å². The van der Waals surface area contributed by atoms with Crippen LogP contribution in [-0.4, -0.2) is 15.6 Å². The Kier molecular flexibility index (Phi) is 3.90. The van der Waals surface area contributed by atoms with Crippen LogP contribution >= 0.6 is 11.6 Å². The molecule has 1 N–H and O–H groups in total. The Bertz CT molecular complexity index is 851. The lowest BCUT2D eigenvalue weighted by Gasteiger charge is -2.10. The first-order chi connectivity index (χ1) is 10.6. The maximum Gasteiger partial charge on any atom is 0.307 e. The molecule has 0 saturated carbocycles. The number of benzene rings is 2. The molecule has 1 aromatic heterocycles. The van der Waals surface area contributed by atoms with Crippen LogP contribution < -0.4 is 0 Å². The van der Waals surface area contributed by atoms with Gasteiger partial charge < -0.3 is 9.67 Å². The van der Waals surface area contributed by atoms with E-state index in [4.69, 9.17) is 16.7 Å². The molecule has 1 heterocycles. The van der Waals surface area contributed by atoms with Crippen molar-refractivity contribution in [1.82, 2.24) is 4.57 Å². The topological polar surface area (TPSA) is 42.2 Å². The molecule has 2 aromatic carbocycles. The van der Waals surface area contributed by atoms with Gasteiger partial charge in [0.25, 0.3) is 0 Å². The number of carboxylic acids is 1. The molecule has 0 bridgehead atoms. The van der Waals surface area contributed by atoms with Crippen LogP contribution in [0.1, 0.15) is 16.8 Å². The average molecular weight is 314 g/mol. The molecule has 0 atom stereocenters. The molecule has 3 aromatic rings. The predicted molar refractivity (Wildman–Crippen MR) is 88.6 cm³/mol. The molecule has 0 aliphatic rings. The first-order valence-corrected chi connectivity index (χ1v) is 7.47. The van der Waals surface area contributed by atoms with Crippen molar-refractivity contribution in [1.29, 1.82) is 0 Å². The van der Waals surface area contributed by atoms with E-state index in [1.54, 1.807) is 0 Å². The van der Waals surface area contributed by atoms with E-state index in [1.807, 2.05) is 55.5 Å². The lowest BCUT2D eigenvalue weighted by Crippen LogP contribution is -2.05. The third kappa shape index (κ3) is 2.60. The van der Waals surface area contributed by atoms with Crippen molar-refractivity contribution in [2.75, 3.05) is 0 Å². The van der Waals surface area contributed by atoms with Crippen molar-refractivity contribution in [2.24, 2.45) is 0 Å². The molecule has 0 unspecified atom stereocenters. The Morgan fingerprint density at radius 2 is 1.82 bits per heavy atom. The van der Waals surface area contributed by atoms with E-state index in [9.17, 15) is 4.79 Å². The molecular weight excluding hydrogens is 298 g/mol. The molecule has 0 saturated heterocycles. The van der Waals surface area contributed by atoms with Gasteiger partial charge in [0.15, 0.2) is 0 Å². The second-order valence-electron chi connectivity index (χ2n) is 5.33. The highest BCUT2D eigenvalue weighted by Crippen LogP contribution is 2.28. The number of halogens is 1. The lowest BCUT2D eigenvalue weighted by atomic mass is 10.1. The Balaban J connectivity index is 2.15. The van der Waals surface area contributed by atoms with E-state index in [0.717, 1.165) is 32.7 Å². The molecule has 3 nitrogen and oxygen atoms in total. The summed E-state index contributed by atoms with van der Waals surface area (Å²) in [5, 5.41) is 10.9. The minimum atomic E-state index is -0.816. The highest BCUT2D eigenvalue weighted by molar-refractivity contribution is 6.31. The third-order valence-electron chi connectivity index (χ3n) is 3.98. The number of aromatic nitrogens is 1. The summed E-state index contributed by atoms with van der Waals surface area (Å²) >= 11 is 6.26. The van der Waals surface area contributed by atoms with E-state index in [-0.39, 0.29) is 6.42 Å². The van der Waals surface area contributed by atoms with E-state index >= 15 is 0 Å². The van der Waals surface area contributed by atoms with Crippen LogP contribution in [0, 0.1) is 6.92 Å². The first kappa shape index (κ1) is 14.7. The van der Waals surface area contributed by atoms with Crippen molar-refractivity contribution in [3.05, 3.63) is 70.4 Å². The fraction of sp³-hybridized carbons (Fsp3) is 0.167. The SMILES string of the molecule is Cc1c(CC(=O)O)c2ccccc2n1Cc1ccccc1Cl. The molecule has 22 heavy (non-hydrogen) atoms. The van der Waals surface area contributed by atoms with E-state index < -0.39 is 5.97 Å². The number of carboxylic acid groups (broad SMARTS) is 1. The minimum Gasteiger partial charge on any atom is -0.481 e. The summed E-state index contributed by atoms with van der Waals surface area (Å²) in [7, 11) is 0. The summed E-state index contributed by atoms with van der Waals surface area (Å²) in [6.07, 6.45) is 0.0296. The lowest BCUT2D eigenvalue weighted by molar-refractivity contribution is -0.136. The minimum absolute atomic E-state index is 0.0296. The van der Waals surface area contributed by atoms with Crippen LogP contribution in [0.25, 0.3) is 10.9 Å². The molecule has 0 radical (unpaired) electrons. The zero-order valence-corrected chi connectivity index (χ0v) is 13.0. The van der Waals surface area contributed by atoms with Gasteiger partial charge in [0.1, 0.15) is 0 Å². The standard InChI is InChI=1S/C18H16ClNO2/c1-12-15(10-18(21)22)14-7-3-5-9-17(14)20(12)11-13-6-2-4-8-16(13)19/h2-9H,10-11H2,1H3,(H,21,22). The molecule has 0 aliphatic heterocycles. The molecule has 0 aliphatic carbocycles. The number of hydrogen-bond donors (Lipinski definition) is 1. The maximum atomic E-state index is 11.2.